The van der Waals surface area contributed by atoms with Crippen LogP contribution >= 0.6 is 11.8 Å². The van der Waals surface area contributed by atoms with Gasteiger partial charge in [0.25, 0.3) is 0 Å². The Morgan fingerprint density at radius 1 is 0.947 bits per heavy atom. The number of hydrogen-bond acceptors (Lipinski definition) is 3. The van der Waals surface area contributed by atoms with Crippen molar-refractivity contribution in [2.24, 2.45) is 0 Å². The van der Waals surface area contributed by atoms with Crippen LogP contribution in [0, 0.1) is 0 Å². The third-order valence-electron chi connectivity index (χ3n) is 3.14. The molecular formula is C16H14O2S. The summed E-state index contributed by atoms with van der Waals surface area (Å²) >= 11 is 1.58. The number of benzene rings is 2. The van der Waals surface area contributed by atoms with Crippen LogP contribution in [0.2, 0.25) is 0 Å². The van der Waals surface area contributed by atoms with E-state index < -0.39 is 0 Å². The van der Waals surface area contributed by atoms with Crippen molar-refractivity contribution in [2.75, 3.05) is 0 Å². The molecule has 1 aliphatic rings. The molecule has 1 aliphatic heterocycles. The molecule has 0 aliphatic carbocycles. The van der Waals surface area contributed by atoms with Crippen molar-refractivity contribution in [3.05, 3.63) is 66.2 Å². The molecule has 1 saturated heterocycles. The molecule has 2 aromatic rings. The third-order valence-corrected chi connectivity index (χ3v) is 4.36. The second-order valence-corrected chi connectivity index (χ2v) is 5.77. The second-order valence-electron chi connectivity index (χ2n) is 4.49. The molecule has 2 nitrogen and oxygen atoms in total. The Kier molecular flexibility index (Phi) is 3.56. The van der Waals surface area contributed by atoms with Gasteiger partial charge < -0.3 is 4.74 Å². The summed E-state index contributed by atoms with van der Waals surface area (Å²) in [5.41, 5.74) is 1.08. The minimum Gasteiger partial charge on any atom is -0.457 e. The Bertz CT molecular complexity index is 553. The number of carbonyl (C=O) groups excluding carboxylic acids is 1. The minimum atomic E-state index is -0.109. The molecular weight excluding hydrogens is 256 g/mol. The molecule has 19 heavy (non-hydrogen) atoms. The molecule has 2 aromatic carbocycles. The summed E-state index contributed by atoms with van der Waals surface area (Å²) in [6.45, 7) is 0. The highest BCUT2D eigenvalue weighted by atomic mass is 32.2. The number of hydrogen-bond donors (Lipinski definition) is 0. The van der Waals surface area contributed by atoms with Crippen LogP contribution in [0.5, 0.6) is 0 Å². The summed E-state index contributed by atoms with van der Waals surface area (Å²) < 4.78 is 5.47. The van der Waals surface area contributed by atoms with Gasteiger partial charge in [-0.2, -0.15) is 0 Å². The van der Waals surface area contributed by atoms with E-state index in [1.165, 1.54) is 0 Å². The van der Waals surface area contributed by atoms with Crippen LogP contribution in [0.25, 0.3) is 0 Å². The maximum Gasteiger partial charge on any atom is 0.320 e. The summed E-state index contributed by atoms with van der Waals surface area (Å²) in [6, 6.07) is 19.9. The molecule has 0 radical (unpaired) electrons. The zero-order chi connectivity index (χ0) is 13.1. The lowest BCUT2D eigenvalue weighted by molar-refractivity contribution is -0.141. The first kappa shape index (κ1) is 12.3. The van der Waals surface area contributed by atoms with Gasteiger partial charge in [-0.1, -0.05) is 48.5 Å². The highest BCUT2D eigenvalue weighted by molar-refractivity contribution is 8.00. The van der Waals surface area contributed by atoms with Crippen molar-refractivity contribution in [2.45, 2.75) is 22.7 Å². The highest BCUT2D eigenvalue weighted by Crippen LogP contribution is 2.38. The van der Waals surface area contributed by atoms with E-state index in [1.54, 1.807) is 11.8 Å². The van der Waals surface area contributed by atoms with E-state index in [2.05, 4.69) is 0 Å². The van der Waals surface area contributed by atoms with Gasteiger partial charge in [0, 0.05) is 11.3 Å². The zero-order valence-electron chi connectivity index (χ0n) is 10.4. The van der Waals surface area contributed by atoms with Crippen molar-refractivity contribution in [1.29, 1.82) is 0 Å². The van der Waals surface area contributed by atoms with Gasteiger partial charge in [0.1, 0.15) is 11.4 Å². The number of cyclic esters (lactones) is 1. The average Bonchev–Trinajstić information content (AvgIpc) is 2.82. The number of carbonyl (C=O) groups is 1. The Morgan fingerprint density at radius 2 is 1.58 bits per heavy atom. The topological polar surface area (TPSA) is 26.3 Å². The average molecular weight is 270 g/mol. The van der Waals surface area contributed by atoms with E-state index in [4.69, 9.17) is 4.74 Å². The van der Waals surface area contributed by atoms with Crippen LogP contribution in [0.4, 0.5) is 0 Å². The lowest BCUT2D eigenvalue weighted by atomic mass is 10.1. The van der Waals surface area contributed by atoms with Crippen molar-refractivity contribution in [3.8, 4) is 0 Å². The minimum absolute atomic E-state index is 0.102. The van der Waals surface area contributed by atoms with Crippen LogP contribution in [0.15, 0.2) is 65.6 Å². The molecule has 0 N–H and O–H groups in total. The van der Waals surface area contributed by atoms with E-state index >= 15 is 0 Å². The first-order valence-corrected chi connectivity index (χ1v) is 7.18. The summed E-state index contributed by atoms with van der Waals surface area (Å²) in [5.74, 6) is -0.109. The van der Waals surface area contributed by atoms with Gasteiger partial charge in [0.15, 0.2) is 0 Å². The molecule has 3 rings (SSSR count). The van der Waals surface area contributed by atoms with Crippen molar-refractivity contribution in [3.63, 3.8) is 0 Å². The fourth-order valence-corrected chi connectivity index (χ4v) is 3.25. The fourth-order valence-electron chi connectivity index (χ4n) is 2.19. The molecule has 0 unspecified atom stereocenters. The van der Waals surface area contributed by atoms with Gasteiger partial charge in [-0.25, -0.2) is 0 Å². The molecule has 0 saturated carbocycles. The van der Waals surface area contributed by atoms with Crippen molar-refractivity contribution >= 4 is 17.7 Å². The molecule has 0 aromatic heterocycles. The van der Waals surface area contributed by atoms with E-state index in [1.807, 2.05) is 60.7 Å². The molecule has 3 heteroatoms. The van der Waals surface area contributed by atoms with Gasteiger partial charge in [-0.05, 0) is 17.7 Å². The summed E-state index contributed by atoms with van der Waals surface area (Å²) in [4.78, 5) is 13.0. The Morgan fingerprint density at radius 3 is 2.26 bits per heavy atom. The molecule has 1 heterocycles. The lowest BCUT2D eigenvalue weighted by Gasteiger charge is -2.08. The van der Waals surface area contributed by atoms with Crippen molar-refractivity contribution in [1.82, 2.24) is 0 Å². The smallest absolute Gasteiger partial charge is 0.320 e. The van der Waals surface area contributed by atoms with Gasteiger partial charge in [-0.3, -0.25) is 4.79 Å². The zero-order valence-corrected chi connectivity index (χ0v) is 11.2. The van der Waals surface area contributed by atoms with E-state index in [-0.39, 0.29) is 17.3 Å². The van der Waals surface area contributed by atoms with Crippen LogP contribution in [-0.2, 0) is 9.53 Å². The first-order chi connectivity index (χ1) is 9.33. The normalized spacial score (nSPS) is 22.2. The number of rotatable bonds is 3. The second kappa shape index (κ2) is 5.49. The first-order valence-electron chi connectivity index (χ1n) is 6.30. The summed E-state index contributed by atoms with van der Waals surface area (Å²) in [6.07, 6.45) is 0.637. The van der Waals surface area contributed by atoms with E-state index in [0.29, 0.717) is 0 Å². The molecule has 96 valence electrons. The predicted octanol–water partition coefficient (Wildman–Crippen LogP) is 3.84. The number of thioether (sulfide) groups is 1. The van der Waals surface area contributed by atoms with Crippen LogP contribution in [0.3, 0.4) is 0 Å². The van der Waals surface area contributed by atoms with Gasteiger partial charge in [0.2, 0.25) is 0 Å². The quantitative estimate of drug-likeness (QED) is 0.793. The maximum absolute atomic E-state index is 11.9. The molecule has 0 spiro atoms. The Balaban J connectivity index is 1.71. The highest BCUT2D eigenvalue weighted by Gasteiger charge is 2.35. The third kappa shape index (κ3) is 2.82. The Hall–Kier alpha value is -1.74. The summed E-state index contributed by atoms with van der Waals surface area (Å²) in [5, 5.41) is -0.104. The molecule has 2 atom stereocenters. The number of esters is 1. The molecule has 0 bridgehead atoms. The van der Waals surface area contributed by atoms with Crippen LogP contribution in [0.1, 0.15) is 18.1 Å². The van der Waals surface area contributed by atoms with E-state index in [9.17, 15) is 4.79 Å². The monoisotopic (exact) mass is 270 g/mol. The van der Waals surface area contributed by atoms with Gasteiger partial charge in [-0.15, -0.1) is 11.8 Å². The summed E-state index contributed by atoms with van der Waals surface area (Å²) in [7, 11) is 0. The fraction of sp³-hybridized carbons (Fsp3) is 0.188. The standard InChI is InChI=1S/C16H14O2S/c17-16-15(19-13-9-5-2-6-10-13)11-14(18-16)12-7-3-1-4-8-12/h1-10,14-15H,11H2/t14-,15+/m1/s1. The SMILES string of the molecule is O=C1O[C@@H](c2ccccc2)C[C@@H]1Sc1ccccc1. The van der Waals surface area contributed by atoms with Gasteiger partial charge in [0.05, 0.1) is 0 Å². The van der Waals surface area contributed by atoms with Crippen molar-refractivity contribution < 1.29 is 9.53 Å². The van der Waals surface area contributed by atoms with Crippen LogP contribution < -0.4 is 0 Å². The number of ether oxygens (including phenoxy) is 1. The van der Waals surface area contributed by atoms with Crippen LogP contribution in [-0.4, -0.2) is 11.2 Å². The van der Waals surface area contributed by atoms with E-state index in [0.717, 1.165) is 16.9 Å². The predicted molar refractivity (Wildman–Crippen MR) is 76.0 cm³/mol. The lowest BCUT2D eigenvalue weighted by Crippen LogP contribution is -2.08. The molecule has 1 fully saturated rings. The van der Waals surface area contributed by atoms with Gasteiger partial charge >= 0.3 is 5.97 Å². The Labute approximate surface area is 116 Å². The largest absolute Gasteiger partial charge is 0.457 e. The molecule has 0 amide bonds. The maximum atomic E-state index is 11.9.